The topological polar surface area (TPSA) is 113 Å². The zero-order chi connectivity index (χ0) is 23.5. The van der Waals surface area contributed by atoms with Crippen molar-refractivity contribution >= 4 is 23.4 Å². The molecule has 0 aliphatic carbocycles. The van der Waals surface area contributed by atoms with E-state index < -0.39 is 28.7 Å². The van der Waals surface area contributed by atoms with E-state index in [4.69, 9.17) is 9.47 Å². The van der Waals surface area contributed by atoms with Crippen LogP contribution in [0.4, 0.5) is 5.69 Å². The molecule has 0 saturated carbocycles. The standard InChI is InChI=1S/C24H27NO7/c1-3-14-31-23(27)22(24(28)32-15-4-2)20(16-21(26)18-8-6-5-7-9-18)17-10-12-19(13-11-17)25(29)30/h5-13,20,22H,3-4,14-16H2,1-2H3/t20-/m1/s1. The number of nitro benzene ring substituents is 1. The molecule has 0 aliphatic heterocycles. The molecule has 0 N–H and O–H groups in total. The maximum Gasteiger partial charge on any atom is 0.320 e. The van der Waals surface area contributed by atoms with E-state index in [1.54, 1.807) is 30.3 Å². The van der Waals surface area contributed by atoms with Crippen LogP contribution in [0.5, 0.6) is 0 Å². The lowest BCUT2D eigenvalue weighted by molar-refractivity contribution is -0.384. The molecule has 0 amide bonds. The van der Waals surface area contributed by atoms with E-state index in [9.17, 15) is 24.5 Å². The summed E-state index contributed by atoms with van der Waals surface area (Å²) in [4.78, 5) is 49.2. The monoisotopic (exact) mass is 441 g/mol. The van der Waals surface area contributed by atoms with Crippen LogP contribution >= 0.6 is 0 Å². The second kappa shape index (κ2) is 12.3. The predicted octanol–water partition coefficient (Wildman–Crippen LogP) is 4.47. The number of ketones is 1. The Kier molecular flexibility index (Phi) is 9.53. The smallest absolute Gasteiger partial charge is 0.320 e. The molecule has 2 aromatic rings. The van der Waals surface area contributed by atoms with Gasteiger partial charge in [-0.05, 0) is 18.4 Å². The molecule has 1 atom stereocenters. The third-order valence-corrected chi connectivity index (χ3v) is 4.84. The minimum atomic E-state index is -1.37. The lowest BCUT2D eigenvalue weighted by Crippen LogP contribution is -2.35. The average Bonchev–Trinajstić information content (AvgIpc) is 2.81. The Morgan fingerprint density at radius 3 is 1.88 bits per heavy atom. The van der Waals surface area contributed by atoms with Crippen LogP contribution in [0.3, 0.4) is 0 Å². The van der Waals surface area contributed by atoms with Crippen LogP contribution in [0.15, 0.2) is 54.6 Å². The Bertz CT molecular complexity index is 905. The Hall–Kier alpha value is -3.55. The van der Waals surface area contributed by atoms with E-state index in [0.717, 1.165) is 0 Å². The zero-order valence-electron chi connectivity index (χ0n) is 18.2. The molecule has 32 heavy (non-hydrogen) atoms. The normalized spacial score (nSPS) is 11.6. The van der Waals surface area contributed by atoms with Crippen LogP contribution < -0.4 is 0 Å². The van der Waals surface area contributed by atoms with Crippen LogP contribution in [-0.4, -0.2) is 35.9 Å². The highest BCUT2D eigenvalue weighted by atomic mass is 16.6. The number of non-ortho nitro benzene ring substituents is 1. The number of carbonyl (C=O) groups excluding carboxylic acids is 3. The summed E-state index contributed by atoms with van der Waals surface area (Å²) in [6, 6.07) is 14.0. The Morgan fingerprint density at radius 1 is 0.875 bits per heavy atom. The quantitative estimate of drug-likeness (QED) is 0.157. The second-order valence-corrected chi connectivity index (χ2v) is 7.26. The van der Waals surface area contributed by atoms with Crippen molar-refractivity contribution in [2.75, 3.05) is 13.2 Å². The molecule has 0 radical (unpaired) electrons. The molecule has 0 bridgehead atoms. The van der Waals surface area contributed by atoms with Gasteiger partial charge in [-0.2, -0.15) is 0 Å². The second-order valence-electron chi connectivity index (χ2n) is 7.26. The van der Waals surface area contributed by atoms with Crippen LogP contribution in [0.25, 0.3) is 0 Å². The van der Waals surface area contributed by atoms with Gasteiger partial charge in [-0.3, -0.25) is 24.5 Å². The van der Waals surface area contributed by atoms with E-state index >= 15 is 0 Å². The van der Waals surface area contributed by atoms with Crippen molar-refractivity contribution in [3.05, 3.63) is 75.8 Å². The summed E-state index contributed by atoms with van der Waals surface area (Å²) in [7, 11) is 0. The molecule has 2 rings (SSSR count). The van der Waals surface area contributed by atoms with E-state index in [1.165, 1.54) is 24.3 Å². The van der Waals surface area contributed by atoms with Gasteiger partial charge >= 0.3 is 11.9 Å². The first-order valence-electron chi connectivity index (χ1n) is 10.5. The molecular formula is C24H27NO7. The minimum absolute atomic E-state index is 0.121. The fourth-order valence-corrected chi connectivity index (χ4v) is 3.22. The number of benzene rings is 2. The third kappa shape index (κ3) is 6.73. The fourth-order valence-electron chi connectivity index (χ4n) is 3.22. The van der Waals surface area contributed by atoms with Gasteiger partial charge in [0.2, 0.25) is 0 Å². The number of hydrogen-bond acceptors (Lipinski definition) is 7. The number of rotatable bonds is 12. The highest BCUT2D eigenvalue weighted by molar-refractivity contribution is 6.00. The van der Waals surface area contributed by atoms with Gasteiger partial charge in [-0.15, -0.1) is 0 Å². The maximum atomic E-state index is 13.0. The molecule has 0 aromatic heterocycles. The van der Waals surface area contributed by atoms with Gasteiger partial charge in [0.15, 0.2) is 11.7 Å². The summed E-state index contributed by atoms with van der Waals surface area (Å²) in [5, 5.41) is 11.0. The SMILES string of the molecule is CCCOC(=O)C(C(=O)OCCC)[C@H](CC(=O)c1ccccc1)c1ccc([N+](=O)[O-])cc1. The third-order valence-electron chi connectivity index (χ3n) is 4.84. The van der Waals surface area contributed by atoms with E-state index in [1.807, 2.05) is 13.8 Å². The number of esters is 2. The molecule has 0 heterocycles. The van der Waals surface area contributed by atoms with Gasteiger partial charge < -0.3 is 9.47 Å². The van der Waals surface area contributed by atoms with E-state index in [0.29, 0.717) is 24.0 Å². The van der Waals surface area contributed by atoms with Crippen molar-refractivity contribution in [1.82, 2.24) is 0 Å². The molecule has 0 saturated heterocycles. The molecular weight excluding hydrogens is 414 g/mol. The highest BCUT2D eigenvalue weighted by Gasteiger charge is 2.40. The molecule has 0 spiro atoms. The molecule has 170 valence electrons. The van der Waals surface area contributed by atoms with Crippen molar-refractivity contribution in [2.24, 2.45) is 5.92 Å². The van der Waals surface area contributed by atoms with Gasteiger partial charge in [0, 0.05) is 30.0 Å². The van der Waals surface area contributed by atoms with Gasteiger partial charge in [-0.1, -0.05) is 56.3 Å². The molecule has 0 unspecified atom stereocenters. The number of hydrogen-bond donors (Lipinski definition) is 0. The number of carbonyl (C=O) groups is 3. The minimum Gasteiger partial charge on any atom is -0.465 e. The molecule has 8 nitrogen and oxygen atoms in total. The largest absolute Gasteiger partial charge is 0.465 e. The summed E-state index contributed by atoms with van der Waals surface area (Å²) >= 11 is 0. The maximum absolute atomic E-state index is 13.0. The van der Waals surface area contributed by atoms with Crippen molar-refractivity contribution in [3.8, 4) is 0 Å². The Labute approximate surface area is 186 Å². The first-order chi connectivity index (χ1) is 15.4. The number of Topliss-reactive ketones (excluding diaryl/α,β-unsaturated/α-hetero) is 1. The highest BCUT2D eigenvalue weighted by Crippen LogP contribution is 2.33. The van der Waals surface area contributed by atoms with E-state index in [2.05, 4.69) is 0 Å². The zero-order valence-corrected chi connectivity index (χ0v) is 18.2. The first-order valence-corrected chi connectivity index (χ1v) is 10.5. The summed E-state index contributed by atoms with van der Waals surface area (Å²) < 4.78 is 10.5. The molecule has 8 heteroatoms. The molecule has 0 aliphatic rings. The number of nitrogens with zero attached hydrogens (tertiary/aromatic N) is 1. The Balaban J connectivity index is 2.47. The van der Waals surface area contributed by atoms with Crippen molar-refractivity contribution in [3.63, 3.8) is 0 Å². The van der Waals surface area contributed by atoms with Crippen LogP contribution in [0.1, 0.15) is 54.9 Å². The number of nitro groups is 1. The summed E-state index contributed by atoms with van der Waals surface area (Å²) in [5.74, 6) is -4.11. The van der Waals surface area contributed by atoms with Gasteiger partial charge in [0.25, 0.3) is 5.69 Å². The van der Waals surface area contributed by atoms with Gasteiger partial charge in [0.05, 0.1) is 18.1 Å². The van der Waals surface area contributed by atoms with Crippen molar-refractivity contribution in [2.45, 2.75) is 39.0 Å². The van der Waals surface area contributed by atoms with Gasteiger partial charge in [-0.25, -0.2) is 0 Å². The van der Waals surface area contributed by atoms with Crippen LogP contribution in [0.2, 0.25) is 0 Å². The average molecular weight is 441 g/mol. The predicted molar refractivity (Wildman–Crippen MR) is 117 cm³/mol. The molecule has 2 aromatic carbocycles. The lowest BCUT2D eigenvalue weighted by Gasteiger charge is -2.24. The first kappa shape index (κ1) is 24.7. The van der Waals surface area contributed by atoms with Crippen molar-refractivity contribution < 1.29 is 28.8 Å². The summed E-state index contributed by atoms with van der Waals surface area (Å²) in [6.07, 6.45) is 0.955. The van der Waals surface area contributed by atoms with Crippen molar-refractivity contribution in [1.29, 1.82) is 0 Å². The fraction of sp³-hybridized carbons (Fsp3) is 0.375. The lowest BCUT2D eigenvalue weighted by atomic mass is 9.81. The molecule has 0 fully saturated rings. The summed E-state index contributed by atoms with van der Waals surface area (Å²) in [6.45, 7) is 3.89. The van der Waals surface area contributed by atoms with E-state index in [-0.39, 0.29) is 31.1 Å². The number of ether oxygens (including phenoxy) is 2. The van der Waals surface area contributed by atoms with Gasteiger partial charge in [0.1, 0.15) is 0 Å². The van der Waals surface area contributed by atoms with Crippen LogP contribution in [-0.2, 0) is 19.1 Å². The summed E-state index contributed by atoms with van der Waals surface area (Å²) in [5.41, 5.74) is 0.731. The van der Waals surface area contributed by atoms with Crippen LogP contribution in [0, 0.1) is 16.0 Å². The Morgan fingerprint density at radius 2 is 1.41 bits per heavy atom.